The second-order valence-electron chi connectivity index (χ2n) is 4.29. The van der Waals surface area contributed by atoms with Crippen LogP contribution in [0.5, 0.6) is 0 Å². The van der Waals surface area contributed by atoms with Crippen molar-refractivity contribution in [2.75, 3.05) is 0 Å². The molecule has 4 nitrogen and oxygen atoms in total. The van der Waals surface area contributed by atoms with Crippen LogP contribution in [0.1, 0.15) is 16.7 Å². The Labute approximate surface area is 117 Å². The van der Waals surface area contributed by atoms with Crippen molar-refractivity contribution < 1.29 is 8.42 Å². The maximum Gasteiger partial charge on any atom is 0.250 e. The van der Waals surface area contributed by atoms with Crippen LogP contribution in [-0.2, 0) is 23.1 Å². The Balaban J connectivity index is 2.07. The normalized spacial score (nSPS) is 11.7. The molecule has 1 aromatic carbocycles. The summed E-state index contributed by atoms with van der Waals surface area (Å²) in [5.41, 5.74) is 8.40. The van der Waals surface area contributed by atoms with Crippen LogP contribution in [-0.4, -0.2) is 8.42 Å². The van der Waals surface area contributed by atoms with Crippen LogP contribution in [0.25, 0.3) is 0 Å². The number of thiophene rings is 1. The molecule has 0 fully saturated rings. The molecule has 0 atom stereocenters. The summed E-state index contributed by atoms with van der Waals surface area (Å²) >= 11 is 1.19. The van der Waals surface area contributed by atoms with Gasteiger partial charge in [0, 0.05) is 13.1 Å². The fraction of sp³-hybridized carbons (Fsp3) is 0.231. The van der Waals surface area contributed by atoms with E-state index in [1.165, 1.54) is 11.3 Å². The Morgan fingerprint density at radius 1 is 1.21 bits per heavy atom. The first-order chi connectivity index (χ1) is 9.01. The van der Waals surface area contributed by atoms with Gasteiger partial charge in [-0.3, -0.25) is 0 Å². The van der Waals surface area contributed by atoms with Gasteiger partial charge in [0.05, 0.1) is 0 Å². The molecule has 3 N–H and O–H groups in total. The smallest absolute Gasteiger partial charge is 0.250 e. The van der Waals surface area contributed by atoms with E-state index in [0.29, 0.717) is 17.3 Å². The molecule has 2 rings (SSSR count). The molecule has 0 radical (unpaired) electrons. The quantitative estimate of drug-likeness (QED) is 0.886. The lowest BCUT2D eigenvalue weighted by Crippen LogP contribution is -2.22. The summed E-state index contributed by atoms with van der Waals surface area (Å²) in [5, 5.41) is 1.76. The highest BCUT2D eigenvalue weighted by molar-refractivity contribution is 7.91. The molecule has 6 heteroatoms. The van der Waals surface area contributed by atoms with E-state index in [4.69, 9.17) is 5.73 Å². The first-order valence-corrected chi connectivity index (χ1v) is 8.20. The van der Waals surface area contributed by atoms with Gasteiger partial charge in [-0.2, -0.15) is 0 Å². The van der Waals surface area contributed by atoms with E-state index in [-0.39, 0.29) is 0 Å². The highest BCUT2D eigenvalue weighted by Crippen LogP contribution is 2.20. The largest absolute Gasteiger partial charge is 0.326 e. The van der Waals surface area contributed by atoms with Gasteiger partial charge in [0.15, 0.2) is 0 Å². The molecule has 0 aliphatic heterocycles. The van der Waals surface area contributed by atoms with Crippen LogP contribution in [0, 0.1) is 6.92 Å². The van der Waals surface area contributed by atoms with Crippen LogP contribution in [0.3, 0.4) is 0 Å². The maximum absolute atomic E-state index is 12.1. The minimum atomic E-state index is -3.44. The van der Waals surface area contributed by atoms with Crippen molar-refractivity contribution in [1.82, 2.24) is 4.72 Å². The molecule has 1 heterocycles. The van der Waals surface area contributed by atoms with Crippen LogP contribution in [0.2, 0.25) is 0 Å². The van der Waals surface area contributed by atoms with Gasteiger partial charge in [-0.25, -0.2) is 13.1 Å². The third-order valence-electron chi connectivity index (χ3n) is 2.72. The number of nitrogens with one attached hydrogen (secondary N) is 1. The summed E-state index contributed by atoms with van der Waals surface area (Å²) in [6.07, 6.45) is 0. The molecule has 1 aromatic heterocycles. The molecular weight excluding hydrogens is 280 g/mol. The Kier molecular flexibility index (Phi) is 4.36. The number of nitrogens with two attached hydrogens (primary N) is 1. The Hall–Kier alpha value is -1.21. The van der Waals surface area contributed by atoms with Gasteiger partial charge in [0.25, 0.3) is 0 Å². The molecule has 2 aromatic rings. The first-order valence-electron chi connectivity index (χ1n) is 5.84. The number of rotatable bonds is 5. The minimum absolute atomic E-state index is 0.290. The molecule has 0 bridgehead atoms. The molecule has 0 unspecified atom stereocenters. The van der Waals surface area contributed by atoms with Crippen LogP contribution >= 0.6 is 11.3 Å². The average Bonchev–Trinajstić information content (AvgIpc) is 2.88. The summed E-state index contributed by atoms with van der Waals surface area (Å²) < 4.78 is 27.0. The highest BCUT2D eigenvalue weighted by atomic mass is 32.2. The van der Waals surface area contributed by atoms with E-state index >= 15 is 0 Å². The molecule has 0 aliphatic carbocycles. The Morgan fingerprint density at radius 3 is 2.47 bits per heavy atom. The van der Waals surface area contributed by atoms with Crippen molar-refractivity contribution in [3.63, 3.8) is 0 Å². The molecule has 0 spiro atoms. The molecular formula is C13H16N2O2S2. The van der Waals surface area contributed by atoms with E-state index in [9.17, 15) is 8.42 Å². The van der Waals surface area contributed by atoms with Crippen molar-refractivity contribution in [2.24, 2.45) is 5.73 Å². The fourth-order valence-corrected chi connectivity index (χ4v) is 3.84. The SMILES string of the molecule is Cc1ccc(CNS(=O)(=O)c2cc(CN)cs2)cc1. The highest BCUT2D eigenvalue weighted by Gasteiger charge is 2.16. The minimum Gasteiger partial charge on any atom is -0.326 e. The second-order valence-corrected chi connectivity index (χ2v) is 7.19. The number of sulfonamides is 1. The summed E-state index contributed by atoms with van der Waals surface area (Å²) in [6, 6.07) is 9.36. The van der Waals surface area contributed by atoms with E-state index in [2.05, 4.69) is 4.72 Å². The first kappa shape index (κ1) is 14.2. The van der Waals surface area contributed by atoms with Gasteiger partial charge in [0.2, 0.25) is 10.0 Å². The van der Waals surface area contributed by atoms with Crippen LogP contribution in [0.4, 0.5) is 0 Å². The zero-order valence-corrected chi connectivity index (χ0v) is 12.2. The summed E-state index contributed by atoms with van der Waals surface area (Å²) in [4.78, 5) is 0. The molecule has 0 aliphatic rings. The van der Waals surface area contributed by atoms with E-state index in [1.54, 1.807) is 11.4 Å². The zero-order valence-electron chi connectivity index (χ0n) is 10.6. The third-order valence-corrected chi connectivity index (χ3v) is 5.61. The summed E-state index contributed by atoms with van der Waals surface area (Å²) in [6.45, 7) is 2.64. The fourth-order valence-electron chi connectivity index (χ4n) is 1.56. The lowest BCUT2D eigenvalue weighted by molar-refractivity contribution is 0.583. The molecule has 19 heavy (non-hydrogen) atoms. The van der Waals surface area contributed by atoms with E-state index in [0.717, 1.165) is 16.7 Å². The number of benzene rings is 1. The average molecular weight is 296 g/mol. The van der Waals surface area contributed by atoms with Crippen molar-refractivity contribution in [3.8, 4) is 0 Å². The molecule has 0 saturated heterocycles. The summed E-state index contributed by atoms with van der Waals surface area (Å²) in [7, 11) is -3.44. The third kappa shape index (κ3) is 3.63. The number of hydrogen-bond donors (Lipinski definition) is 2. The molecule has 102 valence electrons. The van der Waals surface area contributed by atoms with Crippen LogP contribution in [0.15, 0.2) is 39.9 Å². The number of hydrogen-bond acceptors (Lipinski definition) is 4. The van der Waals surface area contributed by atoms with Gasteiger partial charge in [0.1, 0.15) is 4.21 Å². The van der Waals surface area contributed by atoms with Crippen molar-refractivity contribution in [2.45, 2.75) is 24.2 Å². The monoisotopic (exact) mass is 296 g/mol. The van der Waals surface area contributed by atoms with Gasteiger partial charge >= 0.3 is 0 Å². The van der Waals surface area contributed by atoms with Gasteiger partial charge in [-0.1, -0.05) is 29.8 Å². The van der Waals surface area contributed by atoms with E-state index < -0.39 is 10.0 Å². The van der Waals surface area contributed by atoms with Gasteiger partial charge < -0.3 is 5.73 Å². The zero-order chi connectivity index (χ0) is 13.9. The molecule has 0 saturated carbocycles. The number of aryl methyl sites for hydroxylation is 1. The predicted octanol–water partition coefficient (Wildman–Crippen LogP) is 1.99. The molecule has 0 amide bonds. The predicted molar refractivity (Wildman–Crippen MR) is 77.4 cm³/mol. The van der Waals surface area contributed by atoms with Crippen molar-refractivity contribution in [1.29, 1.82) is 0 Å². The van der Waals surface area contributed by atoms with Crippen molar-refractivity contribution >= 4 is 21.4 Å². The Bertz CT molecular complexity index is 646. The summed E-state index contributed by atoms with van der Waals surface area (Å²) in [5.74, 6) is 0. The maximum atomic E-state index is 12.1. The van der Waals surface area contributed by atoms with Gasteiger partial charge in [-0.15, -0.1) is 11.3 Å². The van der Waals surface area contributed by atoms with Gasteiger partial charge in [-0.05, 0) is 29.5 Å². The van der Waals surface area contributed by atoms with Crippen LogP contribution < -0.4 is 10.5 Å². The standard InChI is InChI=1S/C13H16N2O2S2/c1-10-2-4-11(5-3-10)8-15-19(16,17)13-6-12(7-14)9-18-13/h2-6,9,15H,7-8,14H2,1H3. The lowest BCUT2D eigenvalue weighted by atomic mass is 10.2. The second kappa shape index (κ2) is 5.83. The lowest BCUT2D eigenvalue weighted by Gasteiger charge is -2.05. The van der Waals surface area contributed by atoms with Crippen molar-refractivity contribution in [3.05, 3.63) is 52.4 Å². The topological polar surface area (TPSA) is 72.2 Å². The van der Waals surface area contributed by atoms with E-state index in [1.807, 2.05) is 31.2 Å². The Morgan fingerprint density at radius 2 is 1.89 bits per heavy atom.